The van der Waals surface area contributed by atoms with Gasteiger partial charge in [-0.25, -0.2) is 9.59 Å². The molecule has 1 fully saturated rings. The summed E-state index contributed by atoms with van der Waals surface area (Å²) < 4.78 is 43.1. The van der Waals surface area contributed by atoms with E-state index in [1.54, 1.807) is 29.3 Å². The van der Waals surface area contributed by atoms with Crippen LogP contribution in [0.5, 0.6) is 17.2 Å². The molecule has 11 nitrogen and oxygen atoms in total. The van der Waals surface area contributed by atoms with E-state index in [1.165, 1.54) is 12.1 Å². The fourth-order valence-corrected chi connectivity index (χ4v) is 3.08. The third-order valence-corrected chi connectivity index (χ3v) is 4.92. The molecule has 1 saturated heterocycles. The molecule has 37 heavy (non-hydrogen) atoms. The molecule has 2 amide bonds. The van der Waals surface area contributed by atoms with Gasteiger partial charge in [-0.1, -0.05) is 23.2 Å². The van der Waals surface area contributed by atoms with Crippen molar-refractivity contribution in [2.24, 2.45) is 5.73 Å². The number of carbonyl (C=O) groups excluding carboxylic acids is 1. The van der Waals surface area contributed by atoms with Crippen molar-refractivity contribution >= 4 is 40.9 Å². The summed E-state index contributed by atoms with van der Waals surface area (Å²) in [6, 6.07) is 8.72. The highest BCUT2D eigenvalue weighted by atomic mass is 35.5. The summed E-state index contributed by atoms with van der Waals surface area (Å²) in [5, 5.41) is 31.7. The van der Waals surface area contributed by atoms with E-state index in [4.69, 9.17) is 53.1 Å². The van der Waals surface area contributed by atoms with Crippen molar-refractivity contribution in [1.82, 2.24) is 5.06 Å². The number of phenols is 1. The Labute approximate surface area is 218 Å². The van der Waals surface area contributed by atoms with E-state index in [0.717, 1.165) is 0 Å². The molecule has 1 aliphatic rings. The molecule has 0 radical (unpaired) electrons. The third-order valence-electron chi connectivity index (χ3n) is 4.36. The smallest absolute Gasteiger partial charge is 0.490 e. The number of hydrogen-bond donors (Lipinski definition) is 5. The van der Waals surface area contributed by atoms with Gasteiger partial charge in [-0.05, 0) is 30.3 Å². The standard InChI is InChI=1S/C19H21Cl2N3O6.C2HF3O2/c20-11-1-3-13(4-2-11)30-14-8-24(29-10-14)7-12(25)9-28-18-6-17(26)15(21)5-16(18)23-19(22)27;3-2(4,5)1(6)7/h1-6,12,14,25-26H,7-10H2,(H3,22,23,27);(H,6,7)/t12-,14+;/m0./s1. The van der Waals surface area contributed by atoms with Crippen molar-refractivity contribution in [1.29, 1.82) is 0 Å². The summed E-state index contributed by atoms with van der Waals surface area (Å²) in [5.41, 5.74) is 5.29. The molecule has 1 aliphatic heterocycles. The van der Waals surface area contributed by atoms with Crippen molar-refractivity contribution in [3.8, 4) is 17.2 Å². The lowest BCUT2D eigenvalue weighted by Crippen LogP contribution is -2.34. The first-order valence-corrected chi connectivity index (χ1v) is 11.0. The van der Waals surface area contributed by atoms with Gasteiger partial charge in [-0.15, -0.1) is 0 Å². The fraction of sp³-hybridized carbons (Fsp3) is 0.333. The summed E-state index contributed by atoms with van der Waals surface area (Å²) in [7, 11) is 0. The van der Waals surface area contributed by atoms with Gasteiger partial charge < -0.3 is 35.8 Å². The number of rotatable bonds is 8. The van der Waals surface area contributed by atoms with E-state index < -0.39 is 24.3 Å². The van der Waals surface area contributed by atoms with Gasteiger partial charge in [-0.3, -0.25) is 4.84 Å². The number of aliphatic hydroxyl groups excluding tert-OH is 1. The number of carbonyl (C=O) groups is 2. The zero-order chi connectivity index (χ0) is 27.8. The Hall–Kier alpha value is -3.17. The number of primary amides is 1. The number of ether oxygens (including phenoxy) is 2. The summed E-state index contributed by atoms with van der Waals surface area (Å²) in [4.78, 5) is 25.5. The molecule has 2 aromatic rings. The minimum absolute atomic E-state index is 0.0174. The van der Waals surface area contributed by atoms with Crippen LogP contribution in [0.2, 0.25) is 10.0 Å². The first-order valence-electron chi connectivity index (χ1n) is 10.2. The number of aliphatic carboxylic acids is 1. The third kappa shape index (κ3) is 10.4. The first kappa shape index (κ1) is 30.1. The van der Waals surface area contributed by atoms with Crippen LogP contribution < -0.4 is 20.5 Å². The molecular weight excluding hydrogens is 550 g/mol. The largest absolute Gasteiger partial charge is 0.506 e. The van der Waals surface area contributed by atoms with Gasteiger partial charge in [0, 0.05) is 11.1 Å². The Kier molecular flexibility index (Phi) is 10.9. The average molecular weight is 572 g/mol. The lowest BCUT2D eigenvalue weighted by Gasteiger charge is -2.20. The molecular formula is C21H22Cl2F3N3O8. The number of aliphatic hydroxyl groups is 1. The molecule has 2 atom stereocenters. The molecule has 204 valence electrons. The highest BCUT2D eigenvalue weighted by molar-refractivity contribution is 6.32. The second-order valence-electron chi connectivity index (χ2n) is 7.39. The number of urea groups is 1. The van der Waals surface area contributed by atoms with Crippen molar-refractivity contribution in [3.05, 3.63) is 46.4 Å². The van der Waals surface area contributed by atoms with E-state index in [-0.39, 0.29) is 41.5 Å². The maximum atomic E-state index is 11.1. The van der Waals surface area contributed by atoms with Crippen LogP contribution in [0, 0.1) is 0 Å². The van der Waals surface area contributed by atoms with Gasteiger partial charge in [0.15, 0.2) is 0 Å². The van der Waals surface area contributed by atoms with E-state index in [0.29, 0.717) is 23.9 Å². The van der Waals surface area contributed by atoms with Crippen LogP contribution in [0.15, 0.2) is 36.4 Å². The van der Waals surface area contributed by atoms with Crippen molar-refractivity contribution in [2.45, 2.75) is 18.4 Å². The molecule has 1 heterocycles. The molecule has 0 saturated carbocycles. The number of hydrogen-bond acceptors (Lipinski definition) is 8. The minimum atomic E-state index is -5.08. The van der Waals surface area contributed by atoms with E-state index in [2.05, 4.69) is 5.32 Å². The number of alkyl halides is 3. The number of benzene rings is 2. The molecule has 2 aromatic carbocycles. The number of carboxylic acids is 1. The number of aromatic hydroxyl groups is 1. The number of halogens is 5. The molecule has 0 unspecified atom stereocenters. The van der Waals surface area contributed by atoms with Crippen LogP contribution in [0.4, 0.5) is 23.7 Å². The van der Waals surface area contributed by atoms with Crippen molar-refractivity contribution < 1.29 is 52.4 Å². The molecule has 0 spiro atoms. The quantitative estimate of drug-likeness (QED) is 0.299. The number of hydroxylamine groups is 2. The second kappa shape index (κ2) is 13.4. The van der Waals surface area contributed by atoms with E-state index >= 15 is 0 Å². The van der Waals surface area contributed by atoms with Crippen LogP contribution in [0.1, 0.15) is 0 Å². The number of phenolic OH excluding ortho intramolecular Hbond substituents is 1. The number of carboxylic acid groups (broad SMARTS) is 1. The Bertz CT molecular complexity index is 1080. The van der Waals surface area contributed by atoms with Gasteiger partial charge in [0.25, 0.3) is 0 Å². The predicted molar refractivity (Wildman–Crippen MR) is 125 cm³/mol. The van der Waals surface area contributed by atoms with Gasteiger partial charge in [0.1, 0.15) is 42.7 Å². The Morgan fingerprint density at radius 3 is 2.43 bits per heavy atom. The number of nitrogens with two attached hydrogens (primary N) is 1. The van der Waals surface area contributed by atoms with Crippen LogP contribution in [0.25, 0.3) is 0 Å². The molecule has 16 heteroatoms. The predicted octanol–water partition coefficient (Wildman–Crippen LogP) is 3.26. The number of nitrogens with zero attached hydrogens (tertiary/aromatic N) is 1. The number of anilines is 1. The number of β-amino-alcohol motifs (C(OH)–C–C–N with tert-alkyl or cyclic N) is 1. The summed E-state index contributed by atoms with van der Waals surface area (Å²) in [6.45, 7) is 0.833. The van der Waals surface area contributed by atoms with Gasteiger partial charge in [0.2, 0.25) is 0 Å². The Balaban J connectivity index is 0.000000604. The Morgan fingerprint density at radius 2 is 1.86 bits per heavy atom. The van der Waals surface area contributed by atoms with Crippen molar-refractivity contribution in [2.75, 3.05) is 31.6 Å². The SMILES string of the molecule is NC(=O)Nc1cc(Cl)c(O)cc1OC[C@@H](O)CN1C[C@@H](Oc2ccc(Cl)cc2)CO1.O=C(O)C(F)(F)F. The highest BCUT2D eigenvalue weighted by Gasteiger charge is 2.38. The van der Waals surface area contributed by atoms with Crippen LogP contribution in [0.3, 0.4) is 0 Å². The monoisotopic (exact) mass is 571 g/mol. The van der Waals surface area contributed by atoms with Gasteiger partial charge >= 0.3 is 18.2 Å². The topological polar surface area (TPSA) is 164 Å². The summed E-state index contributed by atoms with van der Waals surface area (Å²) in [6.07, 6.45) is -6.20. The molecule has 0 aromatic heterocycles. The maximum absolute atomic E-state index is 11.1. The molecule has 6 N–H and O–H groups in total. The Morgan fingerprint density at radius 1 is 1.24 bits per heavy atom. The van der Waals surface area contributed by atoms with E-state index in [1.807, 2.05) is 0 Å². The van der Waals surface area contributed by atoms with Crippen LogP contribution in [-0.4, -0.2) is 77.1 Å². The highest BCUT2D eigenvalue weighted by Crippen LogP contribution is 2.35. The zero-order valence-electron chi connectivity index (χ0n) is 18.7. The first-order chi connectivity index (χ1) is 17.2. The summed E-state index contributed by atoms with van der Waals surface area (Å²) >= 11 is 11.7. The van der Waals surface area contributed by atoms with Gasteiger partial charge in [0.05, 0.1) is 23.8 Å². The number of nitrogens with one attached hydrogen (secondary N) is 1. The normalized spacial score (nSPS) is 16.3. The van der Waals surface area contributed by atoms with E-state index in [9.17, 15) is 28.2 Å². The molecule has 3 rings (SSSR count). The summed E-state index contributed by atoms with van der Waals surface area (Å²) in [5.74, 6) is -2.20. The average Bonchev–Trinajstić information content (AvgIpc) is 3.22. The van der Waals surface area contributed by atoms with Crippen molar-refractivity contribution in [3.63, 3.8) is 0 Å². The van der Waals surface area contributed by atoms with Crippen LogP contribution >= 0.6 is 23.2 Å². The lowest BCUT2D eigenvalue weighted by atomic mass is 10.2. The zero-order valence-corrected chi connectivity index (χ0v) is 20.3. The minimum Gasteiger partial charge on any atom is -0.506 e. The fourth-order valence-electron chi connectivity index (χ4n) is 2.79. The van der Waals surface area contributed by atoms with Crippen LogP contribution in [-0.2, 0) is 9.63 Å². The lowest BCUT2D eigenvalue weighted by molar-refractivity contribution is -0.192. The second-order valence-corrected chi connectivity index (χ2v) is 8.24. The molecule has 0 bridgehead atoms. The van der Waals surface area contributed by atoms with Gasteiger partial charge in [-0.2, -0.15) is 18.2 Å². The molecule has 0 aliphatic carbocycles. The number of amides is 2. The maximum Gasteiger partial charge on any atom is 0.490 e.